The Morgan fingerprint density at radius 3 is 2.72 bits per heavy atom. The number of hydrogen-bond acceptors (Lipinski definition) is 2. The number of halogens is 1. The summed E-state index contributed by atoms with van der Waals surface area (Å²) in [5.74, 6) is 1.74. The summed E-state index contributed by atoms with van der Waals surface area (Å²) < 4.78 is 7.01. The van der Waals surface area contributed by atoms with Crippen molar-refractivity contribution in [2.45, 2.75) is 38.6 Å². The van der Waals surface area contributed by atoms with Crippen molar-refractivity contribution in [3.8, 4) is 5.75 Å². The molecule has 0 aromatic heterocycles. The Balaban J connectivity index is 1.95. The van der Waals surface area contributed by atoms with Gasteiger partial charge in [-0.1, -0.05) is 34.8 Å². The fourth-order valence-corrected chi connectivity index (χ4v) is 3.20. The summed E-state index contributed by atoms with van der Waals surface area (Å²) in [7, 11) is 1.97. The molecule has 1 aliphatic carbocycles. The Bertz CT molecular complexity index is 388. The van der Waals surface area contributed by atoms with Crippen LogP contribution in [0.1, 0.15) is 44.2 Å². The van der Waals surface area contributed by atoms with Gasteiger partial charge < -0.3 is 10.1 Å². The molecule has 1 aromatic carbocycles. The van der Waals surface area contributed by atoms with Crippen LogP contribution in [0.25, 0.3) is 0 Å². The maximum atomic E-state index is 5.89. The van der Waals surface area contributed by atoms with Crippen molar-refractivity contribution in [1.82, 2.24) is 5.32 Å². The van der Waals surface area contributed by atoms with Crippen LogP contribution in [0.4, 0.5) is 0 Å². The molecule has 100 valence electrons. The van der Waals surface area contributed by atoms with Gasteiger partial charge in [-0.3, -0.25) is 0 Å². The average Bonchev–Trinajstić information content (AvgIpc) is 2.88. The van der Waals surface area contributed by atoms with E-state index in [9.17, 15) is 0 Å². The van der Waals surface area contributed by atoms with Gasteiger partial charge >= 0.3 is 0 Å². The molecule has 1 N–H and O–H groups in total. The lowest BCUT2D eigenvalue weighted by Crippen LogP contribution is -2.13. The van der Waals surface area contributed by atoms with Crippen molar-refractivity contribution in [2.24, 2.45) is 5.92 Å². The van der Waals surface area contributed by atoms with Crippen molar-refractivity contribution in [3.05, 3.63) is 28.2 Å². The molecule has 1 atom stereocenters. The Hall–Kier alpha value is -0.540. The molecule has 18 heavy (non-hydrogen) atoms. The van der Waals surface area contributed by atoms with Crippen LogP contribution in [0.5, 0.6) is 5.75 Å². The SMILES string of the molecule is CNC(C)c1ccc(OCC2CCCC2)cc1Br. The highest BCUT2D eigenvalue weighted by atomic mass is 79.9. The molecule has 2 nitrogen and oxygen atoms in total. The number of rotatable bonds is 5. The molecule has 3 heteroatoms. The summed E-state index contributed by atoms with van der Waals surface area (Å²) in [5.41, 5.74) is 1.27. The number of ether oxygens (including phenoxy) is 1. The Kier molecular flexibility index (Phi) is 5.07. The Labute approximate surface area is 118 Å². The van der Waals surface area contributed by atoms with Crippen molar-refractivity contribution in [3.63, 3.8) is 0 Å². The first kappa shape index (κ1) is 13.9. The van der Waals surface area contributed by atoms with Crippen molar-refractivity contribution in [2.75, 3.05) is 13.7 Å². The maximum Gasteiger partial charge on any atom is 0.120 e. The van der Waals surface area contributed by atoms with E-state index >= 15 is 0 Å². The fraction of sp³-hybridized carbons (Fsp3) is 0.600. The molecule has 0 amide bonds. The molecular weight excluding hydrogens is 290 g/mol. The van der Waals surface area contributed by atoms with Gasteiger partial charge in [0.25, 0.3) is 0 Å². The predicted molar refractivity (Wildman–Crippen MR) is 79.1 cm³/mol. The first-order valence-corrected chi connectivity index (χ1v) is 7.59. The summed E-state index contributed by atoms with van der Waals surface area (Å²) in [6, 6.07) is 6.64. The molecule has 1 saturated carbocycles. The molecule has 1 unspecified atom stereocenters. The quantitative estimate of drug-likeness (QED) is 0.875. The summed E-state index contributed by atoms with van der Waals surface area (Å²) >= 11 is 3.62. The second kappa shape index (κ2) is 6.58. The zero-order valence-corrected chi connectivity index (χ0v) is 12.8. The molecule has 0 radical (unpaired) electrons. The van der Waals surface area contributed by atoms with Crippen LogP contribution in [0.3, 0.4) is 0 Å². The minimum atomic E-state index is 0.350. The maximum absolute atomic E-state index is 5.89. The first-order chi connectivity index (χ1) is 8.70. The van der Waals surface area contributed by atoms with E-state index in [-0.39, 0.29) is 0 Å². The molecule has 2 rings (SSSR count). The highest BCUT2D eigenvalue weighted by molar-refractivity contribution is 9.10. The van der Waals surface area contributed by atoms with Gasteiger partial charge in [-0.15, -0.1) is 0 Å². The highest BCUT2D eigenvalue weighted by Gasteiger charge is 2.16. The molecule has 0 heterocycles. The molecule has 0 saturated heterocycles. The van der Waals surface area contributed by atoms with E-state index in [1.54, 1.807) is 0 Å². The molecule has 1 fully saturated rings. The van der Waals surface area contributed by atoms with Gasteiger partial charge in [-0.2, -0.15) is 0 Å². The molecule has 1 aromatic rings. The lowest BCUT2D eigenvalue weighted by atomic mass is 10.1. The van der Waals surface area contributed by atoms with Crippen LogP contribution < -0.4 is 10.1 Å². The van der Waals surface area contributed by atoms with E-state index in [1.807, 2.05) is 7.05 Å². The second-order valence-corrected chi connectivity index (χ2v) is 6.01. The first-order valence-electron chi connectivity index (χ1n) is 6.80. The lowest BCUT2D eigenvalue weighted by molar-refractivity contribution is 0.252. The van der Waals surface area contributed by atoms with Crippen LogP contribution >= 0.6 is 15.9 Å². The second-order valence-electron chi connectivity index (χ2n) is 5.16. The van der Waals surface area contributed by atoms with Gasteiger partial charge in [0.1, 0.15) is 5.75 Å². The van der Waals surface area contributed by atoms with E-state index in [4.69, 9.17) is 4.74 Å². The molecule has 1 aliphatic rings. The lowest BCUT2D eigenvalue weighted by Gasteiger charge is -2.15. The van der Waals surface area contributed by atoms with Crippen LogP contribution in [-0.2, 0) is 0 Å². The largest absolute Gasteiger partial charge is 0.493 e. The third-order valence-electron chi connectivity index (χ3n) is 3.83. The minimum absolute atomic E-state index is 0.350. The average molecular weight is 312 g/mol. The molecule has 0 bridgehead atoms. The number of nitrogens with one attached hydrogen (secondary N) is 1. The smallest absolute Gasteiger partial charge is 0.120 e. The van der Waals surface area contributed by atoms with E-state index in [0.717, 1.165) is 22.7 Å². The van der Waals surface area contributed by atoms with Gasteiger partial charge in [0, 0.05) is 10.5 Å². The normalized spacial score (nSPS) is 17.9. The van der Waals surface area contributed by atoms with Crippen LogP contribution in [-0.4, -0.2) is 13.7 Å². The van der Waals surface area contributed by atoms with Crippen molar-refractivity contribution < 1.29 is 4.74 Å². The van der Waals surface area contributed by atoms with E-state index in [1.165, 1.54) is 31.2 Å². The van der Waals surface area contributed by atoms with Gasteiger partial charge in [0.05, 0.1) is 6.61 Å². The monoisotopic (exact) mass is 311 g/mol. The number of benzene rings is 1. The number of hydrogen-bond donors (Lipinski definition) is 1. The van der Waals surface area contributed by atoms with Crippen molar-refractivity contribution in [1.29, 1.82) is 0 Å². The van der Waals surface area contributed by atoms with Gasteiger partial charge in [0.15, 0.2) is 0 Å². The highest BCUT2D eigenvalue weighted by Crippen LogP contribution is 2.29. The topological polar surface area (TPSA) is 21.3 Å². The van der Waals surface area contributed by atoms with E-state index < -0.39 is 0 Å². The fourth-order valence-electron chi connectivity index (χ4n) is 2.50. The summed E-state index contributed by atoms with van der Waals surface area (Å²) in [6.07, 6.45) is 5.40. The van der Waals surface area contributed by atoms with E-state index in [0.29, 0.717) is 6.04 Å². The van der Waals surface area contributed by atoms with Crippen LogP contribution in [0, 0.1) is 5.92 Å². The van der Waals surface area contributed by atoms with Gasteiger partial charge in [-0.25, -0.2) is 0 Å². The minimum Gasteiger partial charge on any atom is -0.493 e. The third-order valence-corrected chi connectivity index (χ3v) is 4.52. The summed E-state index contributed by atoms with van der Waals surface area (Å²) in [5, 5.41) is 3.25. The Morgan fingerprint density at radius 1 is 1.39 bits per heavy atom. The van der Waals surface area contributed by atoms with Gasteiger partial charge in [-0.05, 0) is 50.4 Å². The summed E-state index contributed by atoms with van der Waals surface area (Å²) in [4.78, 5) is 0. The van der Waals surface area contributed by atoms with Crippen LogP contribution in [0.2, 0.25) is 0 Å². The van der Waals surface area contributed by atoms with Gasteiger partial charge in [0.2, 0.25) is 0 Å². The predicted octanol–water partition coefficient (Wildman–Crippen LogP) is 4.30. The molecule has 0 spiro atoms. The van der Waals surface area contributed by atoms with Crippen LogP contribution in [0.15, 0.2) is 22.7 Å². The Morgan fingerprint density at radius 2 is 2.11 bits per heavy atom. The molecule has 0 aliphatic heterocycles. The zero-order chi connectivity index (χ0) is 13.0. The molecular formula is C15H22BrNO. The zero-order valence-electron chi connectivity index (χ0n) is 11.2. The summed E-state index contributed by atoms with van der Waals surface area (Å²) in [6.45, 7) is 3.02. The van der Waals surface area contributed by atoms with Crippen molar-refractivity contribution >= 4 is 15.9 Å². The third kappa shape index (κ3) is 3.48. The van der Waals surface area contributed by atoms with E-state index in [2.05, 4.69) is 46.4 Å². The standard InChI is InChI=1S/C15H22BrNO/c1-11(17-2)14-8-7-13(9-15(14)16)18-10-12-5-3-4-6-12/h7-9,11-12,17H,3-6,10H2,1-2H3.